The van der Waals surface area contributed by atoms with Gasteiger partial charge >= 0.3 is 0 Å². The van der Waals surface area contributed by atoms with Crippen LogP contribution in [-0.4, -0.2) is 5.78 Å². The summed E-state index contributed by atoms with van der Waals surface area (Å²) in [6, 6.07) is 0. The van der Waals surface area contributed by atoms with E-state index < -0.39 is 0 Å². The Hall–Kier alpha value is -2.15. The quantitative estimate of drug-likeness (QED) is 0.275. The van der Waals surface area contributed by atoms with Crippen molar-refractivity contribution in [1.29, 1.82) is 0 Å². The third-order valence-electron chi connectivity index (χ3n) is 1.66. The van der Waals surface area contributed by atoms with Gasteiger partial charge in [0, 0.05) is 5.57 Å². The van der Waals surface area contributed by atoms with Crippen LogP contribution in [0.15, 0.2) is 86.1 Å². The number of ketones is 1. The second-order valence-corrected chi connectivity index (χ2v) is 3.24. The molecule has 0 unspecified atom stereocenters. The van der Waals surface area contributed by atoms with Gasteiger partial charge in [-0.3, -0.25) is 4.79 Å². The highest BCUT2D eigenvalue weighted by Gasteiger charge is 1.97. The van der Waals surface area contributed by atoms with E-state index in [1.165, 1.54) is 6.08 Å². The zero-order chi connectivity index (χ0) is 20.4. The van der Waals surface area contributed by atoms with Gasteiger partial charge in [0.1, 0.15) is 0 Å². The first-order valence-corrected chi connectivity index (χ1v) is 8.63. The average Bonchev–Trinajstić information content (AvgIpc) is 2.64. The van der Waals surface area contributed by atoms with Crippen LogP contribution in [0.3, 0.4) is 0 Å². The number of hydrogen-bond donors (Lipinski definition) is 0. The van der Waals surface area contributed by atoms with Crippen LogP contribution in [0, 0.1) is 0 Å². The van der Waals surface area contributed by atoms with Crippen LogP contribution in [0.1, 0.15) is 55.4 Å². The van der Waals surface area contributed by atoms with E-state index in [-0.39, 0.29) is 5.78 Å². The zero-order valence-corrected chi connectivity index (χ0v) is 17.4. The average molecular weight is 333 g/mol. The van der Waals surface area contributed by atoms with E-state index in [1.807, 2.05) is 55.4 Å². The SMILES string of the molecule is C=C/C=C(C=C)/C=C/C(=O)C(=C)/C=C\C.C=CC.CC.CC.CC. The van der Waals surface area contributed by atoms with E-state index in [1.54, 1.807) is 42.5 Å². The molecule has 0 spiro atoms. The van der Waals surface area contributed by atoms with Gasteiger partial charge in [0.25, 0.3) is 0 Å². The van der Waals surface area contributed by atoms with E-state index in [2.05, 4.69) is 26.3 Å². The second kappa shape index (κ2) is 37.3. The molecule has 0 aliphatic heterocycles. The standard InChI is InChI=1S/C14H16O.C3H6.3C2H6/c1-5-8-12(4)14(15)11-10-13(7-3)9-6-2;1-3-2;3*1-2/h5-11H,2-4H2,1H3;3H,1H2,2H3;3*1-2H3/b8-5-,11-10+,13-9+;;;;. The Labute approximate surface area is 152 Å². The minimum Gasteiger partial charge on any atom is -0.289 e. The Balaban J connectivity index is -0.000000113. The zero-order valence-electron chi connectivity index (χ0n) is 17.4. The second-order valence-electron chi connectivity index (χ2n) is 3.24. The summed E-state index contributed by atoms with van der Waals surface area (Å²) >= 11 is 0. The predicted molar refractivity (Wildman–Crippen MR) is 116 cm³/mol. The number of rotatable bonds is 6. The number of carbonyl (C=O) groups excluding carboxylic acids is 1. The van der Waals surface area contributed by atoms with Crippen LogP contribution in [0.2, 0.25) is 0 Å². The van der Waals surface area contributed by atoms with Crippen molar-refractivity contribution >= 4 is 5.78 Å². The van der Waals surface area contributed by atoms with Gasteiger partial charge < -0.3 is 0 Å². The fourth-order valence-electron chi connectivity index (χ4n) is 0.890. The van der Waals surface area contributed by atoms with Crippen molar-refractivity contribution in [2.24, 2.45) is 0 Å². The molecule has 1 nitrogen and oxygen atoms in total. The highest BCUT2D eigenvalue weighted by atomic mass is 16.1. The first-order valence-electron chi connectivity index (χ1n) is 8.63. The molecule has 0 amide bonds. The first kappa shape index (κ1) is 33.5. The fourth-order valence-corrected chi connectivity index (χ4v) is 0.890. The van der Waals surface area contributed by atoms with E-state index in [9.17, 15) is 4.79 Å². The number of allylic oxidation sites excluding steroid dienone is 10. The highest BCUT2D eigenvalue weighted by molar-refractivity contribution is 6.05. The molecule has 0 radical (unpaired) electrons. The van der Waals surface area contributed by atoms with Crippen molar-refractivity contribution in [1.82, 2.24) is 0 Å². The Morgan fingerprint density at radius 2 is 1.21 bits per heavy atom. The molecule has 0 saturated heterocycles. The molecule has 0 aliphatic carbocycles. The molecule has 0 N–H and O–H groups in total. The van der Waals surface area contributed by atoms with Gasteiger partial charge in [-0.15, -0.1) is 6.58 Å². The van der Waals surface area contributed by atoms with Gasteiger partial charge in [0.05, 0.1) is 0 Å². The fraction of sp³-hybridized carbons (Fsp3) is 0.348. The van der Waals surface area contributed by atoms with Crippen LogP contribution in [0.5, 0.6) is 0 Å². The smallest absolute Gasteiger partial charge is 0.185 e. The summed E-state index contributed by atoms with van der Waals surface area (Å²) < 4.78 is 0. The lowest BCUT2D eigenvalue weighted by Crippen LogP contribution is -1.93. The van der Waals surface area contributed by atoms with E-state index in [4.69, 9.17) is 0 Å². The Morgan fingerprint density at radius 3 is 1.50 bits per heavy atom. The van der Waals surface area contributed by atoms with Gasteiger partial charge in [-0.2, -0.15) is 0 Å². The van der Waals surface area contributed by atoms with Crippen molar-refractivity contribution in [3.05, 3.63) is 86.1 Å². The van der Waals surface area contributed by atoms with Gasteiger partial charge in [-0.25, -0.2) is 0 Å². The summed E-state index contributed by atoms with van der Waals surface area (Å²) in [6.45, 7) is 29.9. The monoisotopic (exact) mass is 332 g/mol. The predicted octanol–water partition coefficient (Wildman–Crippen LogP) is 7.81. The molecule has 0 fully saturated rings. The van der Waals surface area contributed by atoms with Crippen molar-refractivity contribution in [2.45, 2.75) is 55.4 Å². The van der Waals surface area contributed by atoms with E-state index in [0.717, 1.165) is 5.57 Å². The highest BCUT2D eigenvalue weighted by Crippen LogP contribution is 2.02. The molecule has 1 heteroatoms. The largest absolute Gasteiger partial charge is 0.289 e. The van der Waals surface area contributed by atoms with Crippen LogP contribution >= 0.6 is 0 Å². The normalized spacial score (nSPS) is 8.75. The summed E-state index contributed by atoms with van der Waals surface area (Å²) in [5.41, 5.74) is 1.31. The lowest BCUT2D eigenvalue weighted by atomic mass is 10.1. The Morgan fingerprint density at radius 1 is 0.792 bits per heavy atom. The van der Waals surface area contributed by atoms with Crippen molar-refractivity contribution < 1.29 is 4.79 Å². The molecular weight excluding hydrogens is 292 g/mol. The summed E-state index contributed by atoms with van der Waals surface area (Å²) in [6.07, 6.45) is 13.4. The number of hydrogen-bond acceptors (Lipinski definition) is 1. The molecule has 0 bridgehead atoms. The van der Waals surface area contributed by atoms with Gasteiger partial charge in [0.2, 0.25) is 0 Å². The molecule has 24 heavy (non-hydrogen) atoms. The molecule has 0 aromatic heterocycles. The molecule has 0 rings (SSSR count). The van der Waals surface area contributed by atoms with Crippen molar-refractivity contribution in [3.63, 3.8) is 0 Å². The van der Waals surface area contributed by atoms with Gasteiger partial charge in [-0.05, 0) is 25.5 Å². The number of carbonyl (C=O) groups is 1. The topological polar surface area (TPSA) is 17.1 Å². The van der Waals surface area contributed by atoms with Gasteiger partial charge in [-0.1, -0.05) is 104 Å². The third-order valence-corrected chi connectivity index (χ3v) is 1.66. The van der Waals surface area contributed by atoms with E-state index in [0.29, 0.717) is 5.57 Å². The van der Waals surface area contributed by atoms with Crippen LogP contribution in [0.4, 0.5) is 0 Å². The van der Waals surface area contributed by atoms with Crippen LogP contribution in [0.25, 0.3) is 0 Å². The molecule has 138 valence electrons. The van der Waals surface area contributed by atoms with E-state index >= 15 is 0 Å². The lowest BCUT2D eigenvalue weighted by molar-refractivity contribution is -0.111. The Kier molecular flexibility index (Phi) is 51.9. The minimum atomic E-state index is -0.107. The van der Waals surface area contributed by atoms with Crippen molar-refractivity contribution in [2.75, 3.05) is 0 Å². The molecule has 0 atom stereocenters. The molecule has 0 saturated carbocycles. The summed E-state index contributed by atoms with van der Waals surface area (Å²) in [7, 11) is 0. The summed E-state index contributed by atoms with van der Waals surface area (Å²) in [5.74, 6) is -0.107. The maximum Gasteiger partial charge on any atom is 0.185 e. The third kappa shape index (κ3) is 32.0. The maximum absolute atomic E-state index is 11.4. The summed E-state index contributed by atoms with van der Waals surface area (Å²) in [4.78, 5) is 11.4. The molecule has 0 aromatic carbocycles. The van der Waals surface area contributed by atoms with Gasteiger partial charge in [0.15, 0.2) is 5.78 Å². The first-order chi connectivity index (χ1) is 11.6. The van der Waals surface area contributed by atoms with Crippen LogP contribution < -0.4 is 0 Å². The van der Waals surface area contributed by atoms with Crippen LogP contribution in [-0.2, 0) is 4.79 Å². The lowest BCUT2D eigenvalue weighted by Gasteiger charge is -1.93. The maximum atomic E-state index is 11.4. The molecule has 0 heterocycles. The Bertz CT molecular complexity index is 390. The molecule has 0 aliphatic rings. The summed E-state index contributed by atoms with van der Waals surface area (Å²) in [5, 5.41) is 0. The molecular formula is C23H40O. The molecule has 0 aromatic rings. The minimum absolute atomic E-state index is 0.107. The van der Waals surface area contributed by atoms with Crippen molar-refractivity contribution in [3.8, 4) is 0 Å².